The second-order valence-electron chi connectivity index (χ2n) is 11.7. The van der Waals surface area contributed by atoms with E-state index in [2.05, 4.69) is 5.32 Å². The van der Waals surface area contributed by atoms with Gasteiger partial charge in [-0.05, 0) is 67.6 Å². The highest BCUT2D eigenvalue weighted by Gasteiger charge is 2.61. The summed E-state index contributed by atoms with van der Waals surface area (Å²) >= 11 is 1.41. The monoisotopic (exact) mass is 571 g/mol. The molecule has 0 bridgehead atoms. The van der Waals surface area contributed by atoms with Gasteiger partial charge in [0.05, 0.1) is 25.0 Å². The molecule has 13 heteroatoms. The Morgan fingerprint density at radius 2 is 1.72 bits per heavy atom. The number of carbonyl (C=O) groups excluding carboxylic acids is 3. The second-order valence-corrected chi connectivity index (χ2v) is 12.9. The van der Waals surface area contributed by atoms with Crippen LogP contribution in [-0.2, 0) is 28.5 Å². The first-order valence-corrected chi connectivity index (χ1v) is 13.8. The molecule has 2 N–H and O–H groups in total. The molecule has 2 rings (SSSR count). The van der Waals surface area contributed by atoms with Gasteiger partial charge < -0.3 is 34.1 Å². The Kier molecular flexibility index (Phi) is 10.6. The molecule has 2 saturated heterocycles. The molecule has 0 aromatic heterocycles. The van der Waals surface area contributed by atoms with Gasteiger partial charge >= 0.3 is 18.2 Å². The summed E-state index contributed by atoms with van der Waals surface area (Å²) in [4.78, 5) is 39.2. The van der Waals surface area contributed by atoms with E-state index in [1.165, 1.54) is 23.8 Å². The van der Waals surface area contributed by atoms with Crippen molar-refractivity contribution in [3.8, 4) is 6.07 Å². The lowest BCUT2D eigenvalue weighted by Gasteiger charge is -2.35. The van der Waals surface area contributed by atoms with E-state index in [1.807, 2.05) is 6.07 Å². The summed E-state index contributed by atoms with van der Waals surface area (Å²) in [5.41, 5.74) is -1.60. The highest BCUT2D eigenvalue weighted by molar-refractivity contribution is 7.99. The van der Waals surface area contributed by atoms with Gasteiger partial charge in [-0.2, -0.15) is 17.0 Å². The van der Waals surface area contributed by atoms with Crippen LogP contribution >= 0.6 is 11.8 Å². The number of hydrogen-bond donors (Lipinski definition) is 2. The van der Waals surface area contributed by atoms with Gasteiger partial charge in [0.1, 0.15) is 41.6 Å². The summed E-state index contributed by atoms with van der Waals surface area (Å²) in [7, 11) is 1.23. The quantitative estimate of drug-likeness (QED) is 0.144. The maximum atomic E-state index is 13.4. The minimum atomic E-state index is -0.972. The molecule has 0 aliphatic carbocycles. The van der Waals surface area contributed by atoms with Crippen LogP contribution in [-0.4, -0.2) is 94.1 Å². The molecule has 2 aliphatic heterocycles. The van der Waals surface area contributed by atoms with E-state index < -0.39 is 65.5 Å². The molecule has 39 heavy (non-hydrogen) atoms. The summed E-state index contributed by atoms with van der Waals surface area (Å²) in [6.07, 6.45) is -1.83. The van der Waals surface area contributed by atoms with Gasteiger partial charge in [-0.1, -0.05) is 0 Å². The Morgan fingerprint density at radius 1 is 1.13 bits per heavy atom. The molecule has 0 aromatic rings. The molecule has 0 spiro atoms. The van der Waals surface area contributed by atoms with E-state index in [-0.39, 0.29) is 12.0 Å². The van der Waals surface area contributed by atoms with Crippen LogP contribution in [0, 0.1) is 11.3 Å². The van der Waals surface area contributed by atoms with Crippen molar-refractivity contribution >= 4 is 29.9 Å². The fourth-order valence-corrected chi connectivity index (χ4v) is 5.53. The number of ether oxygens (including phenoxy) is 5. The summed E-state index contributed by atoms with van der Waals surface area (Å²) in [6, 6.07) is -0.491. The largest absolute Gasteiger partial charge is 0.514 e. The number of esters is 1. The molecule has 5 unspecified atom stereocenters. The highest BCUT2D eigenvalue weighted by Crippen LogP contribution is 2.44. The van der Waals surface area contributed by atoms with Gasteiger partial charge in [0.15, 0.2) is 5.79 Å². The van der Waals surface area contributed by atoms with E-state index >= 15 is 0 Å². The summed E-state index contributed by atoms with van der Waals surface area (Å²) in [5.74, 6) is -0.846. The minimum absolute atomic E-state index is 0.0584. The number of alkyl carbamates (subject to hydrolysis) is 1. The third-order valence-corrected chi connectivity index (χ3v) is 6.82. The number of nitrogens with zero attached hydrogens (tertiary/aromatic N) is 2. The van der Waals surface area contributed by atoms with Crippen LogP contribution in [0.3, 0.4) is 0 Å². The van der Waals surface area contributed by atoms with Gasteiger partial charge in [0.2, 0.25) is 0 Å². The molecule has 2 heterocycles. The Morgan fingerprint density at radius 3 is 2.23 bits per heavy atom. The molecule has 0 radical (unpaired) electrons. The molecule has 5 atom stereocenters. The number of aliphatic hydroxyl groups is 1. The normalized spacial score (nSPS) is 25.3. The number of carbonyl (C=O) groups is 3. The number of amides is 2. The van der Waals surface area contributed by atoms with Gasteiger partial charge in [-0.3, -0.25) is 4.90 Å². The zero-order valence-corrected chi connectivity index (χ0v) is 24.9. The van der Waals surface area contributed by atoms with Gasteiger partial charge in [0.25, 0.3) is 0 Å². The van der Waals surface area contributed by atoms with Crippen molar-refractivity contribution < 1.29 is 43.2 Å². The van der Waals surface area contributed by atoms with Crippen LogP contribution in [0.5, 0.6) is 0 Å². The summed E-state index contributed by atoms with van der Waals surface area (Å²) in [5, 5.41) is 22.0. The molecule has 2 amide bonds. The van der Waals surface area contributed by atoms with Crippen LogP contribution in [0.4, 0.5) is 9.59 Å². The maximum absolute atomic E-state index is 13.4. The highest BCUT2D eigenvalue weighted by atomic mass is 32.2. The first-order valence-electron chi connectivity index (χ1n) is 12.7. The van der Waals surface area contributed by atoms with Crippen LogP contribution < -0.4 is 5.32 Å². The first-order chi connectivity index (χ1) is 17.9. The van der Waals surface area contributed by atoms with Gasteiger partial charge in [0, 0.05) is 5.75 Å². The summed E-state index contributed by atoms with van der Waals surface area (Å²) < 4.78 is 27.9. The number of likely N-dealkylation sites (tertiary alicyclic amines) is 1. The number of rotatable bonds is 8. The maximum Gasteiger partial charge on any atom is 0.411 e. The molecular weight excluding hydrogens is 530 g/mol. The van der Waals surface area contributed by atoms with Crippen molar-refractivity contribution in [3.05, 3.63) is 11.8 Å². The second kappa shape index (κ2) is 12.7. The number of thioether (sulfide) groups is 1. The number of aliphatic hydroxyl groups excluding tert-OH is 1. The fraction of sp³-hybridized carbons (Fsp3) is 0.769. The number of nitriles is 1. The van der Waals surface area contributed by atoms with E-state index in [4.69, 9.17) is 23.7 Å². The lowest BCUT2D eigenvalue weighted by Crippen LogP contribution is -2.50. The number of hydrogen-bond acceptors (Lipinski definition) is 11. The van der Waals surface area contributed by atoms with Gasteiger partial charge in [-0.25, -0.2) is 14.4 Å². The average molecular weight is 572 g/mol. The fourth-order valence-electron chi connectivity index (χ4n) is 4.37. The SMILES string of the molecule is COC(=O)C(CCSCC1C2OC(C)(C)OC2C(/C(C#N)=C/O)N1C(=O)OC(C)(C)C)NC(=O)OC(C)(C)C. The van der Waals surface area contributed by atoms with Crippen LogP contribution in [0.2, 0.25) is 0 Å². The van der Waals surface area contributed by atoms with Crippen LogP contribution in [0.15, 0.2) is 11.8 Å². The first kappa shape index (κ1) is 32.5. The zero-order valence-electron chi connectivity index (χ0n) is 24.1. The van der Waals surface area contributed by atoms with E-state index in [0.29, 0.717) is 17.8 Å². The predicted octanol–water partition coefficient (Wildman–Crippen LogP) is 3.65. The lowest BCUT2D eigenvalue weighted by atomic mass is 10.0. The predicted molar refractivity (Wildman–Crippen MR) is 143 cm³/mol. The van der Waals surface area contributed by atoms with Gasteiger partial charge in [-0.15, -0.1) is 0 Å². The zero-order chi connectivity index (χ0) is 29.8. The Hall–Kier alpha value is -2.69. The Bertz CT molecular complexity index is 981. The van der Waals surface area contributed by atoms with E-state index in [9.17, 15) is 24.8 Å². The standard InChI is InChI=1S/C26H41N3O9S/c1-24(2,3)37-22(32)28-16(21(31)34-9)10-11-39-14-17-19-20(36-26(7,8)35-19)18(15(12-27)13-30)29(17)23(33)38-25(4,5)6/h13,16-20,30H,10-11,14H2,1-9H3,(H,28,32)/b15-13+. The average Bonchev–Trinajstić information content (AvgIpc) is 3.24. The summed E-state index contributed by atoms with van der Waals surface area (Å²) in [6.45, 7) is 13.8. The van der Waals surface area contributed by atoms with Crippen molar-refractivity contribution in [1.82, 2.24) is 10.2 Å². The van der Waals surface area contributed by atoms with Crippen molar-refractivity contribution in [2.24, 2.45) is 0 Å². The third kappa shape index (κ3) is 8.91. The molecule has 2 fully saturated rings. The molecule has 0 aromatic carbocycles. The topological polar surface area (TPSA) is 157 Å². The Balaban J connectivity index is 2.22. The van der Waals surface area contributed by atoms with Crippen LogP contribution in [0.1, 0.15) is 61.8 Å². The number of methoxy groups -OCH3 is 1. The molecule has 220 valence electrons. The third-order valence-electron chi connectivity index (χ3n) is 5.72. The van der Waals surface area contributed by atoms with Crippen molar-refractivity contribution in [2.45, 2.75) is 109 Å². The van der Waals surface area contributed by atoms with E-state index in [1.54, 1.807) is 55.4 Å². The van der Waals surface area contributed by atoms with Crippen LogP contribution in [0.25, 0.3) is 0 Å². The van der Waals surface area contributed by atoms with E-state index in [0.717, 1.165) is 0 Å². The van der Waals surface area contributed by atoms with Crippen molar-refractivity contribution in [2.75, 3.05) is 18.6 Å². The Labute approximate surface area is 234 Å². The minimum Gasteiger partial charge on any atom is -0.514 e. The number of fused-ring (bicyclic) bond motifs is 1. The van der Waals surface area contributed by atoms with Crippen molar-refractivity contribution in [1.29, 1.82) is 5.26 Å². The molecule has 2 aliphatic rings. The molecule has 0 saturated carbocycles. The lowest BCUT2D eigenvalue weighted by molar-refractivity contribution is -0.163. The molecule has 12 nitrogen and oxygen atoms in total. The number of nitrogens with one attached hydrogen (secondary N) is 1. The smallest absolute Gasteiger partial charge is 0.411 e. The van der Waals surface area contributed by atoms with Crippen molar-refractivity contribution in [3.63, 3.8) is 0 Å². The molecular formula is C26H41N3O9S.